The first-order valence-corrected chi connectivity index (χ1v) is 5.26. The van der Waals surface area contributed by atoms with E-state index in [2.05, 4.69) is 36.1 Å². The molecule has 0 unspecified atom stereocenters. The van der Waals surface area contributed by atoms with Crippen LogP contribution in [-0.2, 0) is 13.1 Å². The lowest BCUT2D eigenvalue weighted by molar-refractivity contribution is 0.118. The van der Waals surface area contributed by atoms with E-state index in [1.54, 1.807) is 0 Å². The Morgan fingerprint density at radius 2 is 1.86 bits per heavy atom. The molecule has 0 saturated heterocycles. The zero-order valence-corrected chi connectivity index (χ0v) is 8.61. The molecule has 76 valence electrons. The van der Waals surface area contributed by atoms with E-state index in [1.165, 1.54) is 11.1 Å². The predicted octanol–water partition coefficient (Wildman–Crippen LogP) is 1.77. The van der Waals surface area contributed by atoms with Gasteiger partial charge < -0.3 is 5.11 Å². The van der Waals surface area contributed by atoms with Crippen molar-refractivity contribution in [3.05, 3.63) is 35.4 Å². The first-order chi connectivity index (χ1) is 6.85. The fourth-order valence-electron chi connectivity index (χ4n) is 2.12. The number of hydrogen-bond acceptors (Lipinski definition) is 2. The van der Waals surface area contributed by atoms with E-state index in [9.17, 15) is 5.11 Å². The van der Waals surface area contributed by atoms with Crippen LogP contribution in [0.15, 0.2) is 24.3 Å². The molecule has 2 heteroatoms. The molecule has 0 saturated carbocycles. The Kier molecular flexibility index (Phi) is 2.85. The number of nitrogens with zero attached hydrogens (tertiary/aromatic N) is 1. The van der Waals surface area contributed by atoms with Gasteiger partial charge in [-0.05, 0) is 17.5 Å². The van der Waals surface area contributed by atoms with Gasteiger partial charge in [-0.15, -0.1) is 0 Å². The smallest absolute Gasteiger partial charge is 0.0587 e. The Morgan fingerprint density at radius 3 is 2.29 bits per heavy atom. The van der Waals surface area contributed by atoms with Crippen LogP contribution in [0.2, 0.25) is 0 Å². The van der Waals surface area contributed by atoms with Gasteiger partial charge in [-0.1, -0.05) is 31.2 Å². The average Bonchev–Trinajstić information content (AvgIpc) is 2.63. The quantitative estimate of drug-likeness (QED) is 0.787. The van der Waals surface area contributed by atoms with Crippen molar-refractivity contribution in [3.63, 3.8) is 0 Å². The van der Waals surface area contributed by atoms with Crippen LogP contribution in [0.1, 0.15) is 24.5 Å². The van der Waals surface area contributed by atoms with Gasteiger partial charge in [0.25, 0.3) is 0 Å². The Labute approximate surface area is 85.2 Å². The van der Waals surface area contributed by atoms with Crippen molar-refractivity contribution in [2.75, 3.05) is 6.61 Å². The Hall–Kier alpha value is -0.860. The van der Waals surface area contributed by atoms with Gasteiger partial charge in [0.05, 0.1) is 6.61 Å². The number of aliphatic hydroxyl groups is 1. The lowest BCUT2D eigenvalue weighted by atomic mass is 10.1. The first-order valence-electron chi connectivity index (χ1n) is 5.26. The van der Waals surface area contributed by atoms with Crippen molar-refractivity contribution in [2.24, 2.45) is 0 Å². The Balaban J connectivity index is 2.11. The third-order valence-corrected chi connectivity index (χ3v) is 3.06. The van der Waals surface area contributed by atoms with Crippen molar-refractivity contribution in [1.82, 2.24) is 4.90 Å². The van der Waals surface area contributed by atoms with Crippen LogP contribution in [-0.4, -0.2) is 22.7 Å². The van der Waals surface area contributed by atoms with Crippen molar-refractivity contribution in [1.29, 1.82) is 0 Å². The van der Waals surface area contributed by atoms with Gasteiger partial charge in [0.1, 0.15) is 0 Å². The molecular weight excluding hydrogens is 174 g/mol. The summed E-state index contributed by atoms with van der Waals surface area (Å²) in [5.41, 5.74) is 2.83. The first kappa shape index (κ1) is 9.69. The minimum Gasteiger partial charge on any atom is -0.395 e. The summed E-state index contributed by atoms with van der Waals surface area (Å²) in [5, 5.41) is 9.22. The zero-order chi connectivity index (χ0) is 9.97. The Morgan fingerprint density at radius 1 is 1.29 bits per heavy atom. The minimum absolute atomic E-state index is 0.268. The van der Waals surface area contributed by atoms with Crippen molar-refractivity contribution >= 4 is 0 Å². The van der Waals surface area contributed by atoms with Crippen LogP contribution in [0.25, 0.3) is 0 Å². The maximum Gasteiger partial charge on any atom is 0.0587 e. The van der Waals surface area contributed by atoms with E-state index in [0.717, 1.165) is 19.5 Å². The second kappa shape index (κ2) is 4.11. The highest BCUT2D eigenvalue weighted by molar-refractivity contribution is 5.30. The van der Waals surface area contributed by atoms with Gasteiger partial charge in [-0.3, -0.25) is 4.90 Å². The third-order valence-electron chi connectivity index (χ3n) is 3.06. The largest absolute Gasteiger partial charge is 0.395 e. The summed E-state index contributed by atoms with van der Waals surface area (Å²) < 4.78 is 0. The molecule has 0 aromatic heterocycles. The zero-order valence-electron chi connectivity index (χ0n) is 8.61. The molecule has 2 nitrogen and oxygen atoms in total. The van der Waals surface area contributed by atoms with E-state index in [-0.39, 0.29) is 6.61 Å². The maximum absolute atomic E-state index is 9.22. The summed E-state index contributed by atoms with van der Waals surface area (Å²) in [6.45, 7) is 4.39. The van der Waals surface area contributed by atoms with Crippen LogP contribution in [0.5, 0.6) is 0 Å². The molecule has 0 amide bonds. The van der Waals surface area contributed by atoms with Crippen molar-refractivity contribution < 1.29 is 5.11 Å². The topological polar surface area (TPSA) is 23.5 Å². The monoisotopic (exact) mass is 191 g/mol. The maximum atomic E-state index is 9.22. The number of fused-ring (bicyclic) bond motifs is 1. The van der Waals surface area contributed by atoms with Crippen LogP contribution < -0.4 is 0 Å². The van der Waals surface area contributed by atoms with E-state index in [4.69, 9.17) is 0 Å². The molecule has 0 radical (unpaired) electrons. The van der Waals surface area contributed by atoms with Gasteiger partial charge >= 0.3 is 0 Å². The van der Waals surface area contributed by atoms with Crippen LogP contribution in [0.4, 0.5) is 0 Å². The van der Waals surface area contributed by atoms with Gasteiger partial charge in [0.15, 0.2) is 0 Å². The van der Waals surface area contributed by atoms with E-state index < -0.39 is 0 Å². The molecule has 0 spiro atoms. The van der Waals surface area contributed by atoms with E-state index in [1.807, 2.05) is 0 Å². The summed E-state index contributed by atoms with van der Waals surface area (Å²) in [7, 11) is 0. The summed E-state index contributed by atoms with van der Waals surface area (Å²) in [5.74, 6) is 0. The highest BCUT2D eigenvalue weighted by Gasteiger charge is 2.23. The number of hydrogen-bond donors (Lipinski definition) is 1. The summed E-state index contributed by atoms with van der Waals surface area (Å²) in [6, 6.07) is 8.85. The molecule has 0 aliphatic carbocycles. The lowest BCUT2D eigenvalue weighted by Gasteiger charge is -2.24. The van der Waals surface area contributed by atoms with Crippen LogP contribution >= 0.6 is 0 Å². The Bertz CT molecular complexity index is 282. The molecule has 1 N–H and O–H groups in total. The predicted molar refractivity (Wildman–Crippen MR) is 56.9 cm³/mol. The fraction of sp³-hybridized carbons (Fsp3) is 0.500. The standard InChI is InChI=1S/C12H17NO/c1-2-12(9-14)13-7-10-5-3-4-6-11(10)8-13/h3-6,12,14H,2,7-9H2,1H3/t12-/m1/s1. The average molecular weight is 191 g/mol. The van der Waals surface area contributed by atoms with E-state index in [0.29, 0.717) is 6.04 Å². The molecule has 1 aromatic carbocycles. The normalized spacial score (nSPS) is 18.1. The molecule has 1 aromatic rings. The van der Waals surface area contributed by atoms with Gasteiger partial charge in [0, 0.05) is 19.1 Å². The summed E-state index contributed by atoms with van der Waals surface area (Å²) in [6.07, 6.45) is 1.02. The number of aliphatic hydroxyl groups excluding tert-OH is 1. The van der Waals surface area contributed by atoms with Crippen molar-refractivity contribution in [2.45, 2.75) is 32.5 Å². The molecule has 1 heterocycles. The second-order valence-electron chi connectivity index (χ2n) is 3.92. The highest BCUT2D eigenvalue weighted by atomic mass is 16.3. The molecule has 1 aliphatic rings. The SMILES string of the molecule is CC[C@H](CO)N1Cc2ccccc2C1. The highest BCUT2D eigenvalue weighted by Crippen LogP contribution is 2.24. The van der Waals surface area contributed by atoms with Crippen LogP contribution in [0, 0.1) is 0 Å². The van der Waals surface area contributed by atoms with Crippen molar-refractivity contribution in [3.8, 4) is 0 Å². The number of benzene rings is 1. The van der Waals surface area contributed by atoms with Gasteiger partial charge in [-0.25, -0.2) is 0 Å². The molecular formula is C12H17NO. The molecule has 1 aliphatic heterocycles. The minimum atomic E-state index is 0.268. The van der Waals surface area contributed by atoms with Gasteiger partial charge in [-0.2, -0.15) is 0 Å². The fourth-order valence-corrected chi connectivity index (χ4v) is 2.12. The molecule has 1 atom stereocenters. The van der Waals surface area contributed by atoms with Crippen LogP contribution in [0.3, 0.4) is 0 Å². The third kappa shape index (κ3) is 1.68. The molecule has 14 heavy (non-hydrogen) atoms. The summed E-state index contributed by atoms with van der Waals surface area (Å²) in [4.78, 5) is 2.35. The van der Waals surface area contributed by atoms with Gasteiger partial charge in [0.2, 0.25) is 0 Å². The summed E-state index contributed by atoms with van der Waals surface area (Å²) >= 11 is 0. The molecule has 2 rings (SSSR count). The second-order valence-corrected chi connectivity index (χ2v) is 3.92. The lowest BCUT2D eigenvalue weighted by Crippen LogP contribution is -2.33. The molecule has 0 fully saturated rings. The van der Waals surface area contributed by atoms with E-state index >= 15 is 0 Å². The number of rotatable bonds is 3. The molecule has 0 bridgehead atoms.